The van der Waals surface area contributed by atoms with Crippen LogP contribution in [0.3, 0.4) is 0 Å². The van der Waals surface area contributed by atoms with Crippen molar-refractivity contribution >= 4 is 5.91 Å². The van der Waals surface area contributed by atoms with E-state index in [2.05, 4.69) is 26.1 Å². The first-order chi connectivity index (χ1) is 8.80. The normalized spacial score (nSPS) is 31.8. The van der Waals surface area contributed by atoms with Crippen molar-refractivity contribution in [3.05, 3.63) is 0 Å². The number of hydrogen-bond acceptors (Lipinski definition) is 3. The fourth-order valence-corrected chi connectivity index (χ4v) is 3.13. The van der Waals surface area contributed by atoms with Crippen molar-refractivity contribution in [2.24, 2.45) is 23.0 Å². The summed E-state index contributed by atoms with van der Waals surface area (Å²) in [7, 11) is 0. The van der Waals surface area contributed by atoms with Gasteiger partial charge in [0.1, 0.15) is 0 Å². The van der Waals surface area contributed by atoms with Crippen LogP contribution in [0.25, 0.3) is 0 Å². The fourth-order valence-electron chi connectivity index (χ4n) is 3.13. The lowest BCUT2D eigenvalue weighted by Crippen LogP contribution is -2.52. The largest absolute Gasteiger partial charge is 0.396 e. The maximum atomic E-state index is 12.4. The van der Waals surface area contributed by atoms with Crippen molar-refractivity contribution in [3.63, 3.8) is 0 Å². The summed E-state index contributed by atoms with van der Waals surface area (Å²) in [5.74, 6) is 0.540. The minimum absolute atomic E-state index is 0.0406. The van der Waals surface area contributed by atoms with E-state index in [1.54, 1.807) is 0 Å². The highest BCUT2D eigenvalue weighted by Gasteiger charge is 2.45. The van der Waals surface area contributed by atoms with Gasteiger partial charge in [-0.05, 0) is 43.9 Å². The Morgan fingerprint density at radius 2 is 2.11 bits per heavy atom. The van der Waals surface area contributed by atoms with E-state index in [9.17, 15) is 4.79 Å². The number of nitrogens with two attached hydrogens (primary N) is 1. The van der Waals surface area contributed by atoms with E-state index in [-0.39, 0.29) is 35.9 Å². The maximum Gasteiger partial charge on any atom is 0.223 e. The smallest absolute Gasteiger partial charge is 0.223 e. The minimum atomic E-state index is -0.0571. The minimum Gasteiger partial charge on any atom is -0.396 e. The van der Waals surface area contributed by atoms with Gasteiger partial charge in [-0.2, -0.15) is 0 Å². The van der Waals surface area contributed by atoms with Crippen molar-refractivity contribution in [1.82, 2.24) is 5.32 Å². The molecule has 4 N–H and O–H groups in total. The second-order valence-electron chi connectivity index (χ2n) is 6.68. The van der Waals surface area contributed by atoms with Gasteiger partial charge in [0.05, 0.1) is 0 Å². The molecule has 1 rings (SSSR count). The Morgan fingerprint density at radius 3 is 2.68 bits per heavy atom. The van der Waals surface area contributed by atoms with E-state index in [1.165, 1.54) is 0 Å². The number of hydrogen-bond donors (Lipinski definition) is 3. The SMILES string of the molecule is CC(CCCO)NC(=O)C1CCC(N)C(C)C1(C)C. The zero-order valence-electron chi connectivity index (χ0n) is 12.8. The molecule has 4 heteroatoms. The number of carbonyl (C=O) groups excluding carboxylic acids is 1. The molecule has 0 saturated heterocycles. The first kappa shape index (κ1) is 16.4. The first-order valence-corrected chi connectivity index (χ1v) is 7.47. The Morgan fingerprint density at radius 1 is 1.47 bits per heavy atom. The fraction of sp³-hybridized carbons (Fsp3) is 0.933. The predicted octanol–water partition coefficient (Wildman–Crippen LogP) is 1.66. The van der Waals surface area contributed by atoms with Crippen LogP contribution in [0.4, 0.5) is 0 Å². The van der Waals surface area contributed by atoms with Gasteiger partial charge < -0.3 is 16.2 Å². The number of carbonyl (C=O) groups is 1. The predicted molar refractivity (Wildman–Crippen MR) is 77.6 cm³/mol. The molecule has 1 aliphatic carbocycles. The topological polar surface area (TPSA) is 75.3 Å². The molecule has 0 heterocycles. The van der Waals surface area contributed by atoms with Crippen LogP contribution >= 0.6 is 0 Å². The average molecular weight is 270 g/mol. The summed E-state index contributed by atoms with van der Waals surface area (Å²) in [6.07, 6.45) is 3.35. The zero-order chi connectivity index (χ0) is 14.6. The summed E-state index contributed by atoms with van der Waals surface area (Å²) >= 11 is 0. The van der Waals surface area contributed by atoms with Gasteiger partial charge in [0.2, 0.25) is 5.91 Å². The molecule has 0 aromatic heterocycles. The Kier molecular flexibility index (Phi) is 5.81. The van der Waals surface area contributed by atoms with E-state index in [4.69, 9.17) is 10.8 Å². The summed E-state index contributed by atoms with van der Waals surface area (Å²) in [5, 5.41) is 11.9. The molecule has 4 atom stereocenters. The van der Waals surface area contributed by atoms with Crippen LogP contribution in [-0.2, 0) is 4.79 Å². The summed E-state index contributed by atoms with van der Waals surface area (Å²) < 4.78 is 0. The lowest BCUT2D eigenvalue weighted by molar-refractivity contribution is -0.133. The van der Waals surface area contributed by atoms with E-state index < -0.39 is 0 Å². The van der Waals surface area contributed by atoms with Gasteiger partial charge in [-0.25, -0.2) is 0 Å². The van der Waals surface area contributed by atoms with Crippen LogP contribution in [0.15, 0.2) is 0 Å². The number of aliphatic hydroxyl groups is 1. The van der Waals surface area contributed by atoms with Crippen LogP contribution in [0, 0.1) is 17.3 Å². The van der Waals surface area contributed by atoms with Gasteiger partial charge in [-0.1, -0.05) is 20.8 Å². The van der Waals surface area contributed by atoms with Crippen molar-refractivity contribution in [3.8, 4) is 0 Å². The van der Waals surface area contributed by atoms with Crippen LogP contribution in [0.1, 0.15) is 53.4 Å². The molecule has 19 heavy (non-hydrogen) atoms. The van der Waals surface area contributed by atoms with Crippen molar-refractivity contribution in [2.45, 2.75) is 65.5 Å². The Balaban J connectivity index is 2.61. The van der Waals surface area contributed by atoms with Crippen molar-refractivity contribution in [1.29, 1.82) is 0 Å². The third kappa shape index (κ3) is 3.93. The van der Waals surface area contributed by atoms with Gasteiger partial charge in [0.15, 0.2) is 0 Å². The number of aliphatic hydroxyl groups excluding tert-OH is 1. The molecule has 1 amide bonds. The molecule has 1 saturated carbocycles. The lowest BCUT2D eigenvalue weighted by atomic mass is 9.61. The Bertz CT molecular complexity index is 305. The number of amides is 1. The Labute approximate surface area is 117 Å². The second kappa shape index (κ2) is 6.71. The molecule has 0 radical (unpaired) electrons. The van der Waals surface area contributed by atoms with Gasteiger partial charge in [-0.15, -0.1) is 0 Å². The summed E-state index contributed by atoms with van der Waals surface area (Å²) in [4.78, 5) is 12.4. The first-order valence-electron chi connectivity index (χ1n) is 7.47. The standard InChI is InChI=1S/C15H30N2O2/c1-10(6-5-9-18)17-14(19)12-7-8-13(16)11(2)15(12,3)4/h10-13,18H,5-9,16H2,1-4H3,(H,17,19). The quantitative estimate of drug-likeness (QED) is 0.711. The van der Waals surface area contributed by atoms with E-state index in [0.29, 0.717) is 5.92 Å². The van der Waals surface area contributed by atoms with Gasteiger partial charge >= 0.3 is 0 Å². The zero-order valence-corrected chi connectivity index (χ0v) is 12.8. The monoisotopic (exact) mass is 270 g/mol. The molecule has 1 fully saturated rings. The van der Waals surface area contributed by atoms with Crippen molar-refractivity contribution in [2.75, 3.05) is 6.61 Å². The number of nitrogens with one attached hydrogen (secondary N) is 1. The molecular formula is C15H30N2O2. The highest BCUT2D eigenvalue weighted by atomic mass is 16.3. The molecule has 0 bridgehead atoms. The molecule has 1 aliphatic rings. The summed E-state index contributed by atoms with van der Waals surface area (Å²) in [6, 6.07) is 0.326. The van der Waals surface area contributed by atoms with Crippen LogP contribution in [0.5, 0.6) is 0 Å². The molecule has 4 unspecified atom stereocenters. The highest BCUT2D eigenvalue weighted by Crippen LogP contribution is 2.44. The average Bonchev–Trinajstić information content (AvgIpc) is 2.33. The van der Waals surface area contributed by atoms with Crippen LogP contribution in [0.2, 0.25) is 0 Å². The molecule has 112 valence electrons. The van der Waals surface area contributed by atoms with Gasteiger partial charge in [-0.3, -0.25) is 4.79 Å². The van der Waals surface area contributed by atoms with E-state index in [1.807, 2.05) is 6.92 Å². The molecule has 0 aromatic carbocycles. The Hall–Kier alpha value is -0.610. The molecular weight excluding hydrogens is 240 g/mol. The van der Waals surface area contributed by atoms with E-state index >= 15 is 0 Å². The maximum absolute atomic E-state index is 12.4. The number of rotatable bonds is 5. The lowest BCUT2D eigenvalue weighted by Gasteiger charge is -2.46. The summed E-state index contributed by atoms with van der Waals surface area (Å²) in [5.41, 5.74) is 6.07. The third-order valence-electron chi connectivity index (χ3n) is 5.00. The third-order valence-corrected chi connectivity index (χ3v) is 5.00. The van der Waals surface area contributed by atoms with E-state index in [0.717, 1.165) is 25.7 Å². The van der Waals surface area contributed by atoms with Gasteiger partial charge in [0.25, 0.3) is 0 Å². The molecule has 0 aliphatic heterocycles. The molecule has 0 spiro atoms. The summed E-state index contributed by atoms with van der Waals surface area (Å²) in [6.45, 7) is 8.64. The molecule has 0 aromatic rings. The molecule has 4 nitrogen and oxygen atoms in total. The van der Waals surface area contributed by atoms with Gasteiger partial charge in [0, 0.05) is 24.6 Å². The van der Waals surface area contributed by atoms with Crippen LogP contribution < -0.4 is 11.1 Å². The second-order valence-corrected chi connectivity index (χ2v) is 6.68. The van der Waals surface area contributed by atoms with Crippen molar-refractivity contribution < 1.29 is 9.90 Å². The van der Waals surface area contributed by atoms with Crippen LogP contribution in [-0.4, -0.2) is 29.7 Å². The highest BCUT2D eigenvalue weighted by molar-refractivity contribution is 5.79.